The van der Waals surface area contributed by atoms with Crippen molar-refractivity contribution in [3.8, 4) is 5.75 Å². The predicted molar refractivity (Wildman–Crippen MR) is 91.4 cm³/mol. The van der Waals surface area contributed by atoms with E-state index in [4.69, 9.17) is 9.47 Å². The number of carbonyl (C=O) groups is 2. The molecule has 2 aliphatic heterocycles. The summed E-state index contributed by atoms with van der Waals surface area (Å²) < 4.78 is 11.1. The maximum Gasteiger partial charge on any atom is 0.339 e. The van der Waals surface area contributed by atoms with Crippen molar-refractivity contribution in [3.63, 3.8) is 0 Å². The van der Waals surface area contributed by atoms with Gasteiger partial charge in [0.15, 0.2) is 5.60 Å². The largest absolute Gasteiger partial charge is 0.493 e. The molecule has 0 bridgehead atoms. The van der Waals surface area contributed by atoms with E-state index in [0.29, 0.717) is 25.0 Å². The summed E-state index contributed by atoms with van der Waals surface area (Å²) in [4.78, 5) is 25.2. The van der Waals surface area contributed by atoms with Crippen LogP contribution < -0.4 is 10.1 Å². The highest BCUT2D eigenvalue weighted by molar-refractivity contribution is 5.97. The molecule has 0 saturated carbocycles. The van der Waals surface area contributed by atoms with Crippen molar-refractivity contribution in [3.05, 3.63) is 65.2 Å². The molecular formula is C20H19NO4. The van der Waals surface area contributed by atoms with Gasteiger partial charge in [0.25, 0.3) is 5.91 Å². The lowest BCUT2D eigenvalue weighted by Gasteiger charge is -2.35. The Kier molecular flexibility index (Phi) is 3.71. The van der Waals surface area contributed by atoms with Gasteiger partial charge in [0.2, 0.25) is 0 Å². The first kappa shape index (κ1) is 15.7. The molecule has 0 aromatic heterocycles. The van der Waals surface area contributed by atoms with Gasteiger partial charge in [-0.15, -0.1) is 0 Å². The monoisotopic (exact) mass is 337 g/mol. The summed E-state index contributed by atoms with van der Waals surface area (Å²) in [5.41, 5.74) is 1.11. The van der Waals surface area contributed by atoms with Crippen molar-refractivity contribution in [2.75, 3.05) is 6.61 Å². The van der Waals surface area contributed by atoms with Crippen molar-refractivity contribution in [2.24, 2.45) is 0 Å². The van der Waals surface area contributed by atoms with Gasteiger partial charge in [0, 0.05) is 18.4 Å². The van der Waals surface area contributed by atoms with Gasteiger partial charge in [0.1, 0.15) is 5.75 Å². The number of amides is 1. The number of hydrogen-bond donors (Lipinski definition) is 1. The minimum atomic E-state index is -1.21. The first-order valence-electron chi connectivity index (χ1n) is 8.41. The molecule has 1 amide bonds. The van der Waals surface area contributed by atoms with Crippen LogP contribution in [0.25, 0.3) is 0 Å². The quantitative estimate of drug-likeness (QED) is 0.856. The second kappa shape index (κ2) is 5.92. The maximum absolute atomic E-state index is 12.9. The first-order valence-corrected chi connectivity index (χ1v) is 8.41. The molecule has 0 fully saturated rings. The molecule has 2 aromatic carbocycles. The van der Waals surface area contributed by atoms with Crippen LogP contribution >= 0.6 is 0 Å². The number of rotatable bonds is 2. The molecule has 2 heterocycles. The summed E-state index contributed by atoms with van der Waals surface area (Å²) in [6.45, 7) is 2.21. The smallest absolute Gasteiger partial charge is 0.339 e. The van der Waals surface area contributed by atoms with Crippen molar-refractivity contribution < 1.29 is 19.1 Å². The molecule has 5 nitrogen and oxygen atoms in total. The summed E-state index contributed by atoms with van der Waals surface area (Å²) in [5.74, 6) is 0.0547. The molecule has 128 valence electrons. The highest BCUT2D eigenvalue weighted by atomic mass is 16.6. The van der Waals surface area contributed by atoms with E-state index in [1.165, 1.54) is 0 Å². The zero-order valence-electron chi connectivity index (χ0n) is 14.0. The van der Waals surface area contributed by atoms with E-state index in [1.807, 2.05) is 36.4 Å². The molecule has 0 saturated heterocycles. The Morgan fingerprint density at radius 2 is 1.92 bits per heavy atom. The SMILES string of the molecule is C[C@]1(C(=O)N[C@H]2CCOc3ccccc32)Cc2ccccc2C(=O)O1. The standard InChI is InChI=1S/C20H19NO4/c1-20(12-13-6-2-3-7-14(13)18(22)25-20)19(23)21-16-10-11-24-17-9-5-4-8-15(16)17/h2-9,16H,10-12H2,1H3,(H,21,23)/t16-,20+/m0/s1. The van der Waals surface area contributed by atoms with Crippen LogP contribution in [0.3, 0.4) is 0 Å². The molecule has 2 atom stereocenters. The van der Waals surface area contributed by atoms with E-state index in [-0.39, 0.29) is 11.9 Å². The zero-order valence-corrected chi connectivity index (χ0v) is 14.0. The van der Waals surface area contributed by atoms with E-state index < -0.39 is 11.6 Å². The average molecular weight is 337 g/mol. The fraction of sp³-hybridized carbons (Fsp3) is 0.300. The van der Waals surface area contributed by atoms with E-state index in [1.54, 1.807) is 19.1 Å². The molecule has 0 unspecified atom stereocenters. The van der Waals surface area contributed by atoms with Gasteiger partial charge in [-0.05, 0) is 24.6 Å². The Morgan fingerprint density at radius 3 is 2.80 bits per heavy atom. The van der Waals surface area contributed by atoms with Crippen LogP contribution in [0.1, 0.15) is 40.9 Å². The number of para-hydroxylation sites is 1. The molecule has 0 aliphatic carbocycles. The molecular weight excluding hydrogens is 318 g/mol. The molecule has 4 rings (SSSR count). The van der Waals surface area contributed by atoms with Crippen LogP contribution in [0.2, 0.25) is 0 Å². The van der Waals surface area contributed by atoms with Crippen molar-refractivity contribution in [2.45, 2.75) is 31.4 Å². The molecule has 5 heteroatoms. The van der Waals surface area contributed by atoms with Crippen molar-refractivity contribution >= 4 is 11.9 Å². The third kappa shape index (κ3) is 2.76. The fourth-order valence-electron chi connectivity index (χ4n) is 3.46. The highest BCUT2D eigenvalue weighted by Crippen LogP contribution is 2.33. The summed E-state index contributed by atoms with van der Waals surface area (Å²) >= 11 is 0. The lowest BCUT2D eigenvalue weighted by molar-refractivity contribution is -0.140. The number of benzene rings is 2. The normalized spacial score (nSPS) is 24.4. The molecule has 0 radical (unpaired) electrons. The van der Waals surface area contributed by atoms with Gasteiger partial charge >= 0.3 is 5.97 Å². The lowest BCUT2D eigenvalue weighted by Crippen LogP contribution is -2.52. The molecule has 2 aliphatic rings. The Balaban J connectivity index is 1.57. The minimum absolute atomic E-state index is 0.148. The van der Waals surface area contributed by atoms with E-state index in [2.05, 4.69) is 5.32 Å². The number of esters is 1. The second-order valence-corrected chi connectivity index (χ2v) is 6.66. The van der Waals surface area contributed by atoms with Crippen LogP contribution in [-0.2, 0) is 16.0 Å². The topological polar surface area (TPSA) is 64.6 Å². The maximum atomic E-state index is 12.9. The summed E-state index contributed by atoms with van der Waals surface area (Å²) in [6.07, 6.45) is 1.05. The van der Waals surface area contributed by atoms with E-state index in [0.717, 1.165) is 16.9 Å². The predicted octanol–water partition coefficient (Wildman–Crippen LogP) is 2.80. The van der Waals surface area contributed by atoms with Crippen LogP contribution in [0.15, 0.2) is 48.5 Å². The Hall–Kier alpha value is -2.82. The Labute approximate surface area is 145 Å². The van der Waals surface area contributed by atoms with Gasteiger partial charge in [-0.3, -0.25) is 4.79 Å². The van der Waals surface area contributed by atoms with Gasteiger partial charge in [0.05, 0.1) is 18.2 Å². The van der Waals surface area contributed by atoms with E-state index in [9.17, 15) is 9.59 Å². The summed E-state index contributed by atoms with van der Waals surface area (Å²) in [7, 11) is 0. The summed E-state index contributed by atoms with van der Waals surface area (Å²) in [6, 6.07) is 14.8. The highest BCUT2D eigenvalue weighted by Gasteiger charge is 2.43. The molecule has 0 spiro atoms. The molecule has 2 aromatic rings. The molecule has 25 heavy (non-hydrogen) atoms. The average Bonchev–Trinajstić information content (AvgIpc) is 2.62. The second-order valence-electron chi connectivity index (χ2n) is 6.66. The number of ether oxygens (including phenoxy) is 2. The Morgan fingerprint density at radius 1 is 1.16 bits per heavy atom. The summed E-state index contributed by atoms with van der Waals surface area (Å²) in [5, 5.41) is 3.04. The first-order chi connectivity index (χ1) is 12.1. The number of cyclic esters (lactones) is 1. The van der Waals surface area contributed by atoms with Crippen molar-refractivity contribution in [1.82, 2.24) is 5.32 Å². The van der Waals surface area contributed by atoms with Crippen LogP contribution in [-0.4, -0.2) is 24.1 Å². The fourth-order valence-corrected chi connectivity index (χ4v) is 3.46. The van der Waals surface area contributed by atoms with Gasteiger partial charge in [-0.2, -0.15) is 0 Å². The van der Waals surface area contributed by atoms with Gasteiger partial charge in [-0.1, -0.05) is 36.4 Å². The minimum Gasteiger partial charge on any atom is -0.493 e. The Bertz CT molecular complexity index is 847. The molecule has 1 N–H and O–H groups in total. The third-order valence-corrected chi connectivity index (χ3v) is 4.83. The van der Waals surface area contributed by atoms with Gasteiger partial charge in [-0.25, -0.2) is 4.79 Å². The lowest BCUT2D eigenvalue weighted by atomic mass is 9.88. The number of carbonyl (C=O) groups excluding carboxylic acids is 2. The van der Waals surface area contributed by atoms with E-state index >= 15 is 0 Å². The van der Waals surface area contributed by atoms with Gasteiger partial charge < -0.3 is 14.8 Å². The van der Waals surface area contributed by atoms with Crippen molar-refractivity contribution in [1.29, 1.82) is 0 Å². The van der Waals surface area contributed by atoms with Crippen LogP contribution in [0, 0.1) is 0 Å². The third-order valence-electron chi connectivity index (χ3n) is 4.83. The zero-order chi connectivity index (χ0) is 17.4. The van der Waals surface area contributed by atoms with Crippen LogP contribution in [0.4, 0.5) is 0 Å². The number of fused-ring (bicyclic) bond motifs is 2. The number of hydrogen-bond acceptors (Lipinski definition) is 4. The van der Waals surface area contributed by atoms with Crippen LogP contribution in [0.5, 0.6) is 5.75 Å². The number of nitrogens with one attached hydrogen (secondary N) is 1.